The van der Waals surface area contributed by atoms with Gasteiger partial charge in [-0.05, 0) is 39.0 Å². The summed E-state index contributed by atoms with van der Waals surface area (Å²) in [6, 6.07) is 5.09. The zero-order valence-electron chi connectivity index (χ0n) is 17.9. The Balaban J connectivity index is 1.79. The number of nitrogens with zero attached hydrogens (tertiary/aromatic N) is 4. The Morgan fingerprint density at radius 2 is 1.81 bits per heavy atom. The summed E-state index contributed by atoms with van der Waals surface area (Å²) in [6.07, 6.45) is 0.453. The molecule has 1 aliphatic heterocycles. The van der Waals surface area contributed by atoms with E-state index in [1.54, 1.807) is 23.1 Å². The molecular weight excluding hydrogens is 412 g/mol. The van der Waals surface area contributed by atoms with E-state index in [0.717, 1.165) is 16.3 Å². The standard InChI is InChI=1S/C20H25BF3N4O3/c1-20(2,3)31-19(30)28-11-9-27(10-12-28)14-5-6-16-15(13-14)18(29)26(4)17(25-16)7-8-21(22,23)24/h5-8,13H,9-12H2,1-4H3/q-1/b8-7+. The number of halogens is 3. The predicted molar refractivity (Wildman–Crippen MR) is 115 cm³/mol. The molecule has 0 aliphatic carbocycles. The van der Waals surface area contributed by atoms with E-state index >= 15 is 0 Å². The largest absolute Gasteiger partial charge is 0.502 e. The molecule has 0 N–H and O–H groups in total. The Labute approximate surface area is 178 Å². The van der Waals surface area contributed by atoms with Gasteiger partial charge in [-0.2, -0.15) is 0 Å². The quantitative estimate of drug-likeness (QED) is 0.689. The maximum Gasteiger partial charge on any atom is 0.502 e. The predicted octanol–water partition coefficient (Wildman–Crippen LogP) is 3.39. The third kappa shape index (κ3) is 5.59. The number of hydrogen-bond acceptors (Lipinski definition) is 5. The summed E-state index contributed by atoms with van der Waals surface area (Å²) in [5.74, 6) is 0.0574. The smallest absolute Gasteiger partial charge is 0.445 e. The van der Waals surface area contributed by atoms with Crippen molar-refractivity contribution in [1.82, 2.24) is 14.5 Å². The van der Waals surface area contributed by atoms with E-state index in [-0.39, 0.29) is 17.9 Å². The van der Waals surface area contributed by atoms with Crippen molar-refractivity contribution in [2.24, 2.45) is 7.05 Å². The lowest BCUT2D eigenvalue weighted by Gasteiger charge is -2.36. The average molecular weight is 437 g/mol. The Kier molecular flexibility index (Phi) is 6.06. The van der Waals surface area contributed by atoms with Crippen LogP contribution in [0.1, 0.15) is 26.6 Å². The van der Waals surface area contributed by atoms with Gasteiger partial charge in [-0.15, -0.1) is 5.98 Å². The van der Waals surface area contributed by atoms with E-state index in [0.29, 0.717) is 37.1 Å². The molecule has 1 aliphatic rings. The van der Waals surface area contributed by atoms with Gasteiger partial charge in [-0.25, -0.2) is 9.78 Å². The second kappa shape index (κ2) is 8.28. The normalized spacial score (nSPS) is 15.7. The molecule has 7 nitrogen and oxygen atoms in total. The Bertz CT molecular complexity index is 1070. The first-order chi connectivity index (χ1) is 14.3. The fourth-order valence-corrected chi connectivity index (χ4v) is 3.29. The fraction of sp³-hybridized carbons (Fsp3) is 0.450. The first-order valence-electron chi connectivity index (χ1n) is 9.97. The van der Waals surface area contributed by atoms with Crippen LogP contribution >= 0.6 is 0 Å². The molecule has 0 saturated carbocycles. The molecule has 1 aromatic carbocycles. The number of carbonyl (C=O) groups excluding carboxylic acids is 1. The number of anilines is 1. The zero-order valence-corrected chi connectivity index (χ0v) is 17.9. The Hall–Kier alpha value is -2.98. The van der Waals surface area contributed by atoms with Crippen molar-refractivity contribution in [3.8, 4) is 0 Å². The van der Waals surface area contributed by atoms with Crippen molar-refractivity contribution in [2.45, 2.75) is 26.4 Å². The second-order valence-corrected chi connectivity index (χ2v) is 8.47. The highest BCUT2D eigenvalue weighted by Gasteiger charge is 2.26. The summed E-state index contributed by atoms with van der Waals surface area (Å²) in [7, 11) is 1.39. The molecule has 0 bridgehead atoms. The van der Waals surface area contributed by atoms with Gasteiger partial charge < -0.3 is 27.5 Å². The van der Waals surface area contributed by atoms with Gasteiger partial charge in [-0.1, -0.05) is 6.08 Å². The van der Waals surface area contributed by atoms with Crippen LogP contribution in [0, 0.1) is 0 Å². The summed E-state index contributed by atoms with van der Waals surface area (Å²) in [6.45, 7) is 2.41. The van der Waals surface area contributed by atoms with E-state index in [1.165, 1.54) is 7.05 Å². The van der Waals surface area contributed by atoms with Crippen LogP contribution in [-0.4, -0.2) is 59.3 Å². The van der Waals surface area contributed by atoms with Gasteiger partial charge in [0.15, 0.2) is 0 Å². The van der Waals surface area contributed by atoms with E-state index in [9.17, 15) is 22.5 Å². The molecule has 0 spiro atoms. The van der Waals surface area contributed by atoms with Crippen molar-refractivity contribution in [3.05, 3.63) is 40.4 Å². The summed E-state index contributed by atoms with van der Waals surface area (Å²) in [5.41, 5.74) is 0.133. The first-order valence-corrected chi connectivity index (χ1v) is 9.97. The van der Waals surface area contributed by atoms with Gasteiger partial charge in [-0.3, -0.25) is 9.36 Å². The second-order valence-electron chi connectivity index (χ2n) is 8.47. The van der Waals surface area contributed by atoms with Gasteiger partial charge in [0.25, 0.3) is 5.56 Å². The van der Waals surface area contributed by atoms with E-state index in [1.807, 2.05) is 25.7 Å². The number of carbonyl (C=O) groups is 1. The molecule has 1 aromatic heterocycles. The number of amides is 1. The van der Waals surface area contributed by atoms with E-state index < -0.39 is 18.1 Å². The minimum Gasteiger partial charge on any atom is -0.445 e. The summed E-state index contributed by atoms with van der Waals surface area (Å²) in [5, 5.41) is 0.323. The number of fused-ring (bicyclic) bond motifs is 1. The van der Waals surface area contributed by atoms with E-state index in [2.05, 4.69) is 4.98 Å². The Morgan fingerprint density at radius 1 is 1.16 bits per heavy atom. The fourth-order valence-electron chi connectivity index (χ4n) is 3.29. The number of aromatic nitrogens is 2. The molecule has 0 unspecified atom stereocenters. The van der Waals surface area contributed by atoms with Crippen molar-refractivity contribution < 1.29 is 22.5 Å². The van der Waals surface area contributed by atoms with Crippen LogP contribution < -0.4 is 10.5 Å². The third-order valence-electron chi connectivity index (χ3n) is 4.85. The molecular formula is C20H25BF3N4O3-. The minimum atomic E-state index is -5.12. The van der Waals surface area contributed by atoms with Gasteiger partial charge in [0.2, 0.25) is 0 Å². The number of rotatable bonds is 3. The highest BCUT2D eigenvalue weighted by Crippen LogP contribution is 2.22. The molecule has 1 amide bonds. The summed E-state index contributed by atoms with van der Waals surface area (Å²) in [4.78, 5) is 32.8. The lowest BCUT2D eigenvalue weighted by Crippen LogP contribution is -2.50. The van der Waals surface area contributed by atoms with Crippen LogP contribution in [-0.2, 0) is 11.8 Å². The van der Waals surface area contributed by atoms with Crippen LogP contribution in [0.2, 0.25) is 0 Å². The van der Waals surface area contributed by atoms with Crippen molar-refractivity contribution in [3.63, 3.8) is 0 Å². The summed E-state index contributed by atoms with van der Waals surface area (Å²) < 4.78 is 44.1. The molecule has 2 aromatic rings. The van der Waals surface area contributed by atoms with Crippen LogP contribution in [0.15, 0.2) is 29.0 Å². The molecule has 11 heteroatoms. The van der Waals surface area contributed by atoms with E-state index in [4.69, 9.17) is 4.74 Å². The average Bonchev–Trinajstić information content (AvgIpc) is 2.67. The highest BCUT2D eigenvalue weighted by molar-refractivity contribution is 6.64. The van der Waals surface area contributed by atoms with Crippen molar-refractivity contribution >= 4 is 35.7 Å². The lowest BCUT2D eigenvalue weighted by molar-refractivity contribution is 0.0240. The first kappa shape index (κ1) is 22.7. The molecule has 31 heavy (non-hydrogen) atoms. The lowest BCUT2D eigenvalue weighted by atomic mass is 9.92. The molecule has 0 radical (unpaired) electrons. The number of hydrogen-bond donors (Lipinski definition) is 0. The minimum absolute atomic E-state index is 0.0598. The number of ether oxygens (including phenoxy) is 1. The summed E-state index contributed by atoms with van der Waals surface area (Å²) >= 11 is 0. The molecule has 3 rings (SSSR count). The molecule has 168 valence electrons. The van der Waals surface area contributed by atoms with Crippen LogP contribution in [0.5, 0.6) is 0 Å². The molecule has 1 fully saturated rings. The van der Waals surface area contributed by atoms with Crippen LogP contribution in [0.4, 0.5) is 23.4 Å². The van der Waals surface area contributed by atoms with Crippen LogP contribution in [0.25, 0.3) is 17.0 Å². The third-order valence-corrected chi connectivity index (χ3v) is 4.85. The maximum atomic E-state index is 12.7. The van der Waals surface area contributed by atoms with Crippen LogP contribution in [0.3, 0.4) is 0 Å². The SMILES string of the molecule is Cn1c(/C=C/[B-](F)(F)F)nc2ccc(N3CCN(C(=O)OC(C)(C)C)CC3)cc2c1=O. The Morgan fingerprint density at radius 3 is 2.39 bits per heavy atom. The van der Waals surface area contributed by atoms with Gasteiger partial charge in [0.1, 0.15) is 11.4 Å². The molecule has 2 heterocycles. The topological polar surface area (TPSA) is 67.7 Å². The number of benzene rings is 1. The van der Waals surface area contributed by atoms with Gasteiger partial charge in [0.05, 0.1) is 10.9 Å². The highest BCUT2D eigenvalue weighted by atomic mass is 19.4. The zero-order chi connectivity index (χ0) is 23.0. The van der Waals surface area contributed by atoms with Crippen molar-refractivity contribution in [2.75, 3.05) is 31.1 Å². The van der Waals surface area contributed by atoms with Gasteiger partial charge >= 0.3 is 13.1 Å². The molecule has 0 atom stereocenters. The molecule has 1 saturated heterocycles. The number of piperazine rings is 1. The van der Waals surface area contributed by atoms with Crippen molar-refractivity contribution in [1.29, 1.82) is 0 Å². The van der Waals surface area contributed by atoms with Gasteiger partial charge in [0, 0.05) is 38.9 Å². The monoisotopic (exact) mass is 437 g/mol. The maximum absolute atomic E-state index is 12.7.